The Morgan fingerprint density at radius 2 is 2.15 bits per heavy atom. The summed E-state index contributed by atoms with van der Waals surface area (Å²) in [6.07, 6.45) is 3.90. The van der Waals surface area contributed by atoms with E-state index in [1.807, 2.05) is 0 Å². The highest BCUT2D eigenvalue weighted by Crippen LogP contribution is 2.13. The van der Waals surface area contributed by atoms with Gasteiger partial charge in [-0.2, -0.15) is 0 Å². The third-order valence-electron chi connectivity index (χ3n) is 3.56. The van der Waals surface area contributed by atoms with Crippen molar-refractivity contribution in [3.05, 3.63) is 0 Å². The van der Waals surface area contributed by atoms with Crippen molar-refractivity contribution in [1.82, 2.24) is 5.32 Å². The van der Waals surface area contributed by atoms with Gasteiger partial charge in [0.2, 0.25) is 5.91 Å². The number of nitrogens with two attached hydrogens (primary N) is 1. The smallest absolute Gasteiger partial charge is 0.249 e. The standard InChI is InChI=1S/C15H30N2O3/c1-11(2)8-13(9-16)17-15(18)12(3)20-10-14-6-4-5-7-19-14/h11-14H,4-10,16H2,1-3H3,(H,17,18). The highest BCUT2D eigenvalue weighted by atomic mass is 16.5. The van der Waals surface area contributed by atoms with Crippen LogP contribution in [0.3, 0.4) is 0 Å². The molecule has 1 aliphatic rings. The van der Waals surface area contributed by atoms with Crippen molar-refractivity contribution in [3.63, 3.8) is 0 Å². The highest BCUT2D eigenvalue weighted by Gasteiger charge is 2.21. The molecule has 1 heterocycles. The molecule has 3 N–H and O–H groups in total. The van der Waals surface area contributed by atoms with Gasteiger partial charge in [0.15, 0.2) is 0 Å². The minimum Gasteiger partial charge on any atom is -0.376 e. The number of nitrogens with one attached hydrogen (secondary N) is 1. The molecule has 20 heavy (non-hydrogen) atoms. The van der Waals surface area contributed by atoms with Gasteiger partial charge in [-0.15, -0.1) is 0 Å². The van der Waals surface area contributed by atoms with Crippen LogP contribution in [0, 0.1) is 5.92 Å². The predicted octanol–water partition coefficient (Wildman–Crippen LogP) is 1.45. The van der Waals surface area contributed by atoms with Gasteiger partial charge in [0.05, 0.1) is 12.7 Å². The molecule has 0 spiro atoms. The number of rotatable bonds is 8. The highest BCUT2D eigenvalue weighted by molar-refractivity contribution is 5.80. The van der Waals surface area contributed by atoms with E-state index in [-0.39, 0.29) is 18.1 Å². The zero-order valence-corrected chi connectivity index (χ0v) is 13.1. The number of hydrogen-bond acceptors (Lipinski definition) is 4. The van der Waals surface area contributed by atoms with E-state index in [0.717, 1.165) is 25.9 Å². The van der Waals surface area contributed by atoms with E-state index >= 15 is 0 Å². The monoisotopic (exact) mass is 286 g/mol. The Labute approximate surface area is 122 Å². The summed E-state index contributed by atoms with van der Waals surface area (Å²) in [6, 6.07) is 0.0273. The minimum atomic E-state index is -0.457. The van der Waals surface area contributed by atoms with Crippen molar-refractivity contribution in [2.24, 2.45) is 11.7 Å². The largest absolute Gasteiger partial charge is 0.376 e. The van der Waals surface area contributed by atoms with Gasteiger partial charge in [-0.05, 0) is 38.5 Å². The fourth-order valence-electron chi connectivity index (χ4n) is 2.37. The number of amides is 1. The first-order valence-electron chi connectivity index (χ1n) is 7.76. The molecule has 3 atom stereocenters. The third-order valence-corrected chi connectivity index (χ3v) is 3.56. The molecular weight excluding hydrogens is 256 g/mol. The average molecular weight is 286 g/mol. The lowest BCUT2D eigenvalue weighted by Crippen LogP contribution is -2.46. The van der Waals surface area contributed by atoms with Crippen LogP contribution in [0.15, 0.2) is 0 Å². The lowest BCUT2D eigenvalue weighted by atomic mass is 10.0. The van der Waals surface area contributed by atoms with E-state index in [4.69, 9.17) is 15.2 Å². The van der Waals surface area contributed by atoms with Crippen molar-refractivity contribution in [2.75, 3.05) is 19.8 Å². The molecule has 0 aromatic rings. The summed E-state index contributed by atoms with van der Waals surface area (Å²) in [4.78, 5) is 12.0. The molecule has 0 saturated carbocycles. The van der Waals surface area contributed by atoms with E-state index < -0.39 is 6.10 Å². The van der Waals surface area contributed by atoms with Gasteiger partial charge in [0.1, 0.15) is 6.10 Å². The zero-order valence-electron chi connectivity index (χ0n) is 13.1. The van der Waals surface area contributed by atoms with Crippen LogP contribution in [0.5, 0.6) is 0 Å². The fourth-order valence-corrected chi connectivity index (χ4v) is 2.37. The average Bonchev–Trinajstić information content (AvgIpc) is 2.44. The molecule has 118 valence electrons. The second-order valence-electron chi connectivity index (χ2n) is 6.03. The van der Waals surface area contributed by atoms with E-state index in [1.165, 1.54) is 6.42 Å². The lowest BCUT2D eigenvalue weighted by molar-refractivity contribution is -0.136. The Kier molecular flexibility index (Phi) is 8.11. The molecule has 1 saturated heterocycles. The van der Waals surface area contributed by atoms with Gasteiger partial charge in [-0.25, -0.2) is 0 Å². The Hall–Kier alpha value is -0.650. The van der Waals surface area contributed by atoms with Crippen molar-refractivity contribution >= 4 is 5.91 Å². The third kappa shape index (κ3) is 6.68. The van der Waals surface area contributed by atoms with Gasteiger partial charge >= 0.3 is 0 Å². The van der Waals surface area contributed by atoms with E-state index in [1.54, 1.807) is 6.92 Å². The Balaban J connectivity index is 2.26. The molecule has 1 aliphatic heterocycles. The SMILES string of the molecule is CC(C)CC(CN)NC(=O)C(C)OCC1CCCCO1. The van der Waals surface area contributed by atoms with Gasteiger partial charge in [0.25, 0.3) is 0 Å². The quantitative estimate of drug-likeness (QED) is 0.708. The van der Waals surface area contributed by atoms with Crippen LogP contribution in [0.1, 0.15) is 46.5 Å². The summed E-state index contributed by atoms with van der Waals surface area (Å²) in [5.74, 6) is 0.424. The summed E-state index contributed by atoms with van der Waals surface area (Å²) < 4.78 is 11.2. The normalized spacial score (nSPS) is 22.6. The summed E-state index contributed by atoms with van der Waals surface area (Å²) >= 11 is 0. The molecule has 0 aromatic heterocycles. The Morgan fingerprint density at radius 1 is 1.40 bits per heavy atom. The first kappa shape index (κ1) is 17.4. The topological polar surface area (TPSA) is 73.6 Å². The Bertz CT molecular complexity index is 278. The molecule has 5 heteroatoms. The molecule has 1 amide bonds. The van der Waals surface area contributed by atoms with Crippen LogP contribution < -0.4 is 11.1 Å². The summed E-state index contributed by atoms with van der Waals surface area (Å²) in [5.41, 5.74) is 5.68. The number of carbonyl (C=O) groups is 1. The zero-order chi connectivity index (χ0) is 15.0. The van der Waals surface area contributed by atoms with Crippen LogP contribution in [-0.4, -0.2) is 43.9 Å². The van der Waals surface area contributed by atoms with Crippen LogP contribution in [0.4, 0.5) is 0 Å². The molecule has 0 aromatic carbocycles. The summed E-state index contributed by atoms with van der Waals surface area (Å²) in [6.45, 7) is 7.78. The van der Waals surface area contributed by atoms with Crippen LogP contribution in [0.25, 0.3) is 0 Å². The lowest BCUT2D eigenvalue weighted by Gasteiger charge is -2.25. The molecule has 0 radical (unpaired) electrons. The fraction of sp³-hybridized carbons (Fsp3) is 0.933. The van der Waals surface area contributed by atoms with E-state index in [9.17, 15) is 4.79 Å². The van der Waals surface area contributed by atoms with E-state index in [0.29, 0.717) is 19.1 Å². The molecule has 1 fully saturated rings. The van der Waals surface area contributed by atoms with Crippen LogP contribution in [-0.2, 0) is 14.3 Å². The first-order chi connectivity index (χ1) is 9.52. The van der Waals surface area contributed by atoms with Gasteiger partial charge in [-0.3, -0.25) is 4.79 Å². The van der Waals surface area contributed by atoms with Gasteiger partial charge < -0.3 is 20.5 Å². The number of ether oxygens (including phenoxy) is 2. The van der Waals surface area contributed by atoms with Crippen molar-refractivity contribution < 1.29 is 14.3 Å². The summed E-state index contributed by atoms with van der Waals surface area (Å²) in [7, 11) is 0. The van der Waals surface area contributed by atoms with Gasteiger partial charge in [-0.1, -0.05) is 13.8 Å². The van der Waals surface area contributed by atoms with Crippen molar-refractivity contribution in [2.45, 2.75) is 64.7 Å². The Morgan fingerprint density at radius 3 is 2.70 bits per heavy atom. The van der Waals surface area contributed by atoms with Crippen molar-refractivity contribution in [1.29, 1.82) is 0 Å². The molecule has 1 rings (SSSR count). The predicted molar refractivity (Wildman–Crippen MR) is 79.4 cm³/mol. The maximum absolute atomic E-state index is 12.0. The summed E-state index contributed by atoms with van der Waals surface area (Å²) in [5, 5.41) is 2.96. The van der Waals surface area contributed by atoms with E-state index in [2.05, 4.69) is 19.2 Å². The second-order valence-corrected chi connectivity index (χ2v) is 6.03. The van der Waals surface area contributed by atoms with Gasteiger partial charge in [0, 0.05) is 19.2 Å². The molecule has 3 unspecified atom stereocenters. The maximum atomic E-state index is 12.0. The molecule has 0 aliphatic carbocycles. The maximum Gasteiger partial charge on any atom is 0.249 e. The van der Waals surface area contributed by atoms with Crippen LogP contribution in [0.2, 0.25) is 0 Å². The van der Waals surface area contributed by atoms with Crippen molar-refractivity contribution in [3.8, 4) is 0 Å². The second kappa shape index (κ2) is 9.32. The number of hydrogen-bond donors (Lipinski definition) is 2. The first-order valence-corrected chi connectivity index (χ1v) is 7.76. The molecule has 5 nitrogen and oxygen atoms in total. The van der Waals surface area contributed by atoms with Crippen LogP contribution >= 0.6 is 0 Å². The minimum absolute atomic E-state index is 0.0273. The molecule has 0 bridgehead atoms. The molecular formula is C15H30N2O3. The number of carbonyl (C=O) groups excluding carboxylic acids is 1.